The lowest BCUT2D eigenvalue weighted by molar-refractivity contribution is 0.0752. The minimum atomic E-state index is -0.143. The summed E-state index contributed by atoms with van der Waals surface area (Å²) in [5.41, 5.74) is 3.16. The molecule has 0 bridgehead atoms. The first kappa shape index (κ1) is 26.5. The molecule has 6 nitrogen and oxygen atoms in total. The molecule has 0 N–H and O–H groups in total. The fraction of sp³-hybridized carbons (Fsp3) is 0.300. The number of furan rings is 1. The number of hydrogen-bond donors (Lipinski definition) is 0. The molecule has 7 heteroatoms. The van der Waals surface area contributed by atoms with Gasteiger partial charge in [-0.15, -0.1) is 0 Å². The van der Waals surface area contributed by atoms with Gasteiger partial charge in [-0.05, 0) is 23.3 Å². The average molecular weight is 515 g/mol. The Labute approximate surface area is 223 Å². The van der Waals surface area contributed by atoms with E-state index >= 15 is 0 Å². The SMILES string of the molecule is CN(Cc1ccccc1)C(=O)c1ccc(CSc2nc(N(C)Cc3ccccc3)cc(C(C)(C)C)n2)o1. The van der Waals surface area contributed by atoms with Crippen molar-refractivity contribution in [3.8, 4) is 0 Å². The largest absolute Gasteiger partial charge is 0.455 e. The number of hydrogen-bond acceptors (Lipinski definition) is 6. The molecule has 2 aromatic carbocycles. The van der Waals surface area contributed by atoms with Crippen molar-refractivity contribution in [2.45, 2.75) is 50.2 Å². The maximum Gasteiger partial charge on any atom is 0.289 e. The summed E-state index contributed by atoms with van der Waals surface area (Å²) < 4.78 is 5.90. The summed E-state index contributed by atoms with van der Waals surface area (Å²) in [4.78, 5) is 26.3. The monoisotopic (exact) mass is 514 g/mol. The van der Waals surface area contributed by atoms with Gasteiger partial charge in [0.2, 0.25) is 0 Å². The second kappa shape index (κ2) is 11.6. The molecule has 0 unspecified atom stereocenters. The van der Waals surface area contributed by atoms with Crippen LogP contribution in [0, 0.1) is 0 Å². The maximum atomic E-state index is 12.9. The third-order valence-corrected chi connectivity index (χ3v) is 6.81. The summed E-state index contributed by atoms with van der Waals surface area (Å²) in [6.45, 7) is 7.74. The van der Waals surface area contributed by atoms with Crippen LogP contribution in [-0.2, 0) is 24.3 Å². The van der Waals surface area contributed by atoms with E-state index in [1.165, 1.54) is 17.3 Å². The molecule has 0 spiro atoms. The van der Waals surface area contributed by atoms with Gasteiger partial charge in [0, 0.05) is 38.7 Å². The van der Waals surface area contributed by atoms with Crippen molar-refractivity contribution in [3.63, 3.8) is 0 Å². The number of rotatable bonds is 9. The molecule has 37 heavy (non-hydrogen) atoms. The van der Waals surface area contributed by atoms with Gasteiger partial charge in [-0.25, -0.2) is 9.97 Å². The third kappa shape index (κ3) is 7.23. The fourth-order valence-electron chi connectivity index (χ4n) is 3.82. The van der Waals surface area contributed by atoms with Crippen molar-refractivity contribution >= 4 is 23.5 Å². The summed E-state index contributed by atoms with van der Waals surface area (Å²) >= 11 is 1.51. The van der Waals surface area contributed by atoms with Crippen LogP contribution >= 0.6 is 11.8 Å². The Morgan fingerprint density at radius 3 is 2.11 bits per heavy atom. The van der Waals surface area contributed by atoms with Crippen LogP contribution in [0.3, 0.4) is 0 Å². The molecular formula is C30H34N4O2S. The summed E-state index contributed by atoms with van der Waals surface area (Å²) in [6, 6.07) is 25.9. The van der Waals surface area contributed by atoms with Gasteiger partial charge in [-0.1, -0.05) is 93.2 Å². The Balaban J connectivity index is 1.45. The Bertz CT molecular complexity index is 1320. The van der Waals surface area contributed by atoms with Crippen molar-refractivity contribution in [1.82, 2.24) is 14.9 Å². The molecule has 4 rings (SSSR count). The van der Waals surface area contributed by atoms with Crippen molar-refractivity contribution in [2.75, 3.05) is 19.0 Å². The van der Waals surface area contributed by atoms with Gasteiger partial charge in [-0.3, -0.25) is 4.79 Å². The Hall–Kier alpha value is -3.58. The molecule has 192 valence electrons. The van der Waals surface area contributed by atoms with Gasteiger partial charge in [0.25, 0.3) is 5.91 Å². The summed E-state index contributed by atoms with van der Waals surface area (Å²) in [6.07, 6.45) is 0. The standard InChI is InChI=1S/C30H34N4O2S/c1-30(2,3)26-18-27(33(4)19-22-12-8-6-9-13-22)32-29(31-26)37-21-24-16-17-25(36-24)28(35)34(5)20-23-14-10-7-11-15-23/h6-18H,19-21H2,1-5H3. The van der Waals surface area contributed by atoms with Crippen LogP contribution in [0.15, 0.2) is 88.4 Å². The molecule has 1 amide bonds. The molecule has 0 atom stereocenters. The minimum Gasteiger partial charge on any atom is -0.455 e. The van der Waals surface area contributed by atoms with Crippen LogP contribution in [0.2, 0.25) is 0 Å². The predicted octanol–water partition coefficient (Wildman–Crippen LogP) is 6.57. The van der Waals surface area contributed by atoms with E-state index in [2.05, 4.69) is 43.9 Å². The van der Waals surface area contributed by atoms with Crippen molar-refractivity contribution in [3.05, 3.63) is 107 Å². The molecule has 0 aliphatic carbocycles. The maximum absolute atomic E-state index is 12.9. The lowest BCUT2D eigenvalue weighted by atomic mass is 9.92. The van der Waals surface area contributed by atoms with Crippen LogP contribution in [0.4, 0.5) is 5.82 Å². The normalized spacial score (nSPS) is 11.4. The minimum absolute atomic E-state index is 0.117. The molecule has 0 fully saturated rings. The molecule has 4 aromatic rings. The van der Waals surface area contributed by atoms with E-state index in [9.17, 15) is 4.79 Å². The number of anilines is 1. The quantitative estimate of drug-likeness (QED) is 0.186. The smallest absolute Gasteiger partial charge is 0.289 e. The van der Waals surface area contributed by atoms with Crippen LogP contribution in [0.1, 0.15) is 53.9 Å². The molecule has 0 aliphatic heterocycles. The molecule has 2 aromatic heterocycles. The zero-order valence-corrected chi connectivity index (χ0v) is 23.0. The highest BCUT2D eigenvalue weighted by Gasteiger charge is 2.21. The van der Waals surface area contributed by atoms with Crippen LogP contribution in [-0.4, -0.2) is 34.9 Å². The summed E-state index contributed by atoms with van der Waals surface area (Å²) in [5.74, 6) is 2.32. The van der Waals surface area contributed by atoms with Gasteiger partial charge < -0.3 is 14.2 Å². The van der Waals surface area contributed by atoms with Gasteiger partial charge in [0.15, 0.2) is 10.9 Å². The molecular weight excluding hydrogens is 480 g/mol. The molecule has 0 aliphatic rings. The zero-order chi connectivity index (χ0) is 26.4. The number of aromatic nitrogens is 2. The number of benzene rings is 2. The van der Waals surface area contributed by atoms with E-state index < -0.39 is 0 Å². The number of amides is 1. The van der Waals surface area contributed by atoms with Crippen molar-refractivity contribution in [2.24, 2.45) is 0 Å². The Kier molecular flexibility index (Phi) is 8.34. The number of carbonyl (C=O) groups excluding carboxylic acids is 1. The predicted molar refractivity (Wildman–Crippen MR) is 150 cm³/mol. The fourth-order valence-corrected chi connectivity index (χ4v) is 4.57. The summed E-state index contributed by atoms with van der Waals surface area (Å²) in [7, 11) is 3.83. The first-order chi connectivity index (χ1) is 17.7. The Morgan fingerprint density at radius 1 is 0.865 bits per heavy atom. The molecule has 0 saturated carbocycles. The van der Waals surface area contributed by atoms with E-state index in [1.807, 2.05) is 61.6 Å². The van der Waals surface area contributed by atoms with Gasteiger partial charge in [-0.2, -0.15) is 0 Å². The first-order valence-electron chi connectivity index (χ1n) is 12.3. The van der Waals surface area contributed by atoms with Gasteiger partial charge in [0.05, 0.1) is 11.4 Å². The van der Waals surface area contributed by atoms with Gasteiger partial charge in [0.1, 0.15) is 11.6 Å². The summed E-state index contributed by atoms with van der Waals surface area (Å²) in [5, 5.41) is 0.688. The second-order valence-corrected chi connectivity index (χ2v) is 11.1. The Morgan fingerprint density at radius 2 is 1.49 bits per heavy atom. The zero-order valence-electron chi connectivity index (χ0n) is 22.1. The average Bonchev–Trinajstić information content (AvgIpc) is 3.36. The highest BCUT2D eigenvalue weighted by molar-refractivity contribution is 7.98. The molecule has 0 radical (unpaired) electrons. The van der Waals surface area contributed by atoms with Crippen LogP contribution in [0.25, 0.3) is 0 Å². The number of nitrogens with zero attached hydrogens (tertiary/aromatic N) is 4. The highest BCUT2D eigenvalue weighted by Crippen LogP contribution is 2.29. The lowest BCUT2D eigenvalue weighted by Crippen LogP contribution is -2.25. The van der Waals surface area contributed by atoms with Gasteiger partial charge >= 0.3 is 0 Å². The van der Waals surface area contributed by atoms with E-state index in [-0.39, 0.29) is 11.3 Å². The van der Waals surface area contributed by atoms with E-state index in [0.29, 0.717) is 29.0 Å². The lowest BCUT2D eigenvalue weighted by Gasteiger charge is -2.23. The molecule has 0 saturated heterocycles. The van der Waals surface area contributed by atoms with Crippen LogP contribution in [0.5, 0.6) is 0 Å². The number of carbonyl (C=O) groups is 1. The molecule has 2 heterocycles. The third-order valence-electron chi connectivity index (χ3n) is 5.94. The van der Waals surface area contributed by atoms with Crippen LogP contribution < -0.4 is 4.90 Å². The number of thioether (sulfide) groups is 1. The van der Waals surface area contributed by atoms with E-state index in [0.717, 1.165) is 23.6 Å². The second-order valence-electron chi connectivity index (χ2n) is 10.2. The van der Waals surface area contributed by atoms with E-state index in [1.54, 1.807) is 18.0 Å². The van der Waals surface area contributed by atoms with Crippen molar-refractivity contribution < 1.29 is 9.21 Å². The topological polar surface area (TPSA) is 62.5 Å². The first-order valence-corrected chi connectivity index (χ1v) is 13.3. The highest BCUT2D eigenvalue weighted by atomic mass is 32.2. The van der Waals surface area contributed by atoms with Crippen molar-refractivity contribution in [1.29, 1.82) is 0 Å². The van der Waals surface area contributed by atoms with E-state index in [4.69, 9.17) is 14.4 Å².